The van der Waals surface area contributed by atoms with Crippen LogP contribution in [0.4, 0.5) is 0 Å². The number of amides is 2. The van der Waals surface area contributed by atoms with Gasteiger partial charge < -0.3 is 10.6 Å². The first kappa shape index (κ1) is 19.9. The molecule has 1 fully saturated rings. The Kier molecular flexibility index (Phi) is 7.44. The summed E-state index contributed by atoms with van der Waals surface area (Å²) in [7, 11) is 0. The van der Waals surface area contributed by atoms with Crippen molar-refractivity contribution in [2.45, 2.75) is 45.1 Å². The van der Waals surface area contributed by atoms with Gasteiger partial charge in [-0.3, -0.25) is 14.5 Å². The van der Waals surface area contributed by atoms with Crippen LogP contribution in [0.5, 0.6) is 0 Å². The van der Waals surface area contributed by atoms with Crippen molar-refractivity contribution in [1.82, 2.24) is 15.5 Å². The summed E-state index contributed by atoms with van der Waals surface area (Å²) in [4.78, 5) is 26.5. The van der Waals surface area contributed by atoms with E-state index >= 15 is 0 Å². The van der Waals surface area contributed by atoms with Gasteiger partial charge in [0.1, 0.15) is 0 Å². The van der Waals surface area contributed by atoms with Crippen molar-refractivity contribution >= 4 is 27.7 Å². The molecule has 2 amide bonds. The van der Waals surface area contributed by atoms with Crippen molar-refractivity contribution in [3.8, 4) is 0 Å². The van der Waals surface area contributed by atoms with Gasteiger partial charge in [-0.2, -0.15) is 0 Å². The maximum Gasteiger partial charge on any atom is 0.251 e. The van der Waals surface area contributed by atoms with Crippen LogP contribution in [0.1, 0.15) is 49.9 Å². The van der Waals surface area contributed by atoms with Crippen molar-refractivity contribution in [3.63, 3.8) is 0 Å². The van der Waals surface area contributed by atoms with Crippen LogP contribution in [0.3, 0.4) is 0 Å². The molecule has 2 N–H and O–H groups in total. The zero-order valence-corrected chi connectivity index (χ0v) is 16.7. The van der Waals surface area contributed by atoms with Gasteiger partial charge >= 0.3 is 0 Å². The number of carbonyl (C=O) groups is 2. The fourth-order valence-corrected chi connectivity index (χ4v) is 3.27. The summed E-state index contributed by atoms with van der Waals surface area (Å²) in [5, 5.41) is 5.79. The van der Waals surface area contributed by atoms with Crippen LogP contribution in [0.25, 0.3) is 0 Å². The zero-order valence-electron chi connectivity index (χ0n) is 15.1. The number of benzene rings is 1. The molecular formula is C19H28BrN3O2. The Morgan fingerprint density at radius 3 is 2.36 bits per heavy atom. The Morgan fingerprint density at radius 1 is 1.08 bits per heavy atom. The highest BCUT2D eigenvalue weighted by molar-refractivity contribution is 9.10. The van der Waals surface area contributed by atoms with E-state index in [4.69, 9.17) is 0 Å². The number of hydrogen-bond donors (Lipinski definition) is 2. The van der Waals surface area contributed by atoms with E-state index in [1.807, 2.05) is 12.1 Å². The number of carbonyl (C=O) groups excluding carboxylic acids is 2. The number of rotatable bonds is 7. The highest BCUT2D eigenvalue weighted by Gasteiger charge is 2.28. The molecule has 0 aromatic heterocycles. The summed E-state index contributed by atoms with van der Waals surface area (Å²) in [5.41, 5.74) is 0.561. The van der Waals surface area contributed by atoms with E-state index in [9.17, 15) is 9.59 Å². The average molecular weight is 410 g/mol. The summed E-state index contributed by atoms with van der Waals surface area (Å²) in [6, 6.07) is 7.15. The van der Waals surface area contributed by atoms with E-state index in [2.05, 4.69) is 45.3 Å². The molecule has 1 aromatic rings. The number of halogens is 1. The van der Waals surface area contributed by atoms with Crippen molar-refractivity contribution in [2.24, 2.45) is 0 Å². The quantitative estimate of drug-likeness (QED) is 0.727. The third kappa shape index (κ3) is 6.44. The molecule has 1 aliphatic heterocycles. The molecule has 0 bridgehead atoms. The minimum atomic E-state index is -0.158. The molecule has 1 saturated heterocycles. The summed E-state index contributed by atoms with van der Waals surface area (Å²) in [5.74, 6) is -0.185. The highest BCUT2D eigenvalue weighted by Crippen LogP contribution is 2.19. The maximum atomic E-state index is 12.0. The molecule has 0 unspecified atom stereocenters. The maximum absolute atomic E-state index is 12.0. The van der Waals surface area contributed by atoms with E-state index in [0.717, 1.165) is 17.6 Å². The lowest BCUT2D eigenvalue weighted by Crippen LogP contribution is -2.53. The highest BCUT2D eigenvalue weighted by atomic mass is 79.9. The monoisotopic (exact) mass is 409 g/mol. The summed E-state index contributed by atoms with van der Waals surface area (Å²) < 4.78 is 0.930. The first-order valence-corrected chi connectivity index (χ1v) is 9.73. The van der Waals surface area contributed by atoms with E-state index in [0.29, 0.717) is 25.1 Å². The number of hydrogen-bond acceptors (Lipinski definition) is 3. The van der Waals surface area contributed by atoms with Gasteiger partial charge in [-0.1, -0.05) is 22.4 Å². The molecule has 0 radical (unpaired) electrons. The standard InChI is InChI=1S/C19H28BrN3O2/c1-19(2,23-12-4-3-5-13-23)14-22-17(24)10-11-21-18(25)15-6-8-16(20)9-7-15/h6-9H,3-5,10-14H2,1-2H3,(H,21,25)(H,22,24). The second-order valence-corrected chi connectivity index (χ2v) is 8.07. The Labute approximate surface area is 158 Å². The van der Waals surface area contributed by atoms with Crippen LogP contribution >= 0.6 is 15.9 Å². The van der Waals surface area contributed by atoms with Gasteiger partial charge in [-0.25, -0.2) is 0 Å². The Balaban J connectivity index is 1.68. The Hall–Kier alpha value is -1.40. The van der Waals surface area contributed by atoms with Crippen LogP contribution in [-0.4, -0.2) is 48.4 Å². The molecule has 0 atom stereocenters. The van der Waals surface area contributed by atoms with Crippen LogP contribution in [0.15, 0.2) is 28.7 Å². The Bertz CT molecular complexity index is 581. The largest absolute Gasteiger partial charge is 0.354 e. The van der Waals surface area contributed by atoms with Gasteiger partial charge in [0, 0.05) is 35.1 Å². The number of nitrogens with one attached hydrogen (secondary N) is 2. The number of likely N-dealkylation sites (tertiary alicyclic amines) is 1. The van der Waals surface area contributed by atoms with Crippen LogP contribution < -0.4 is 10.6 Å². The van der Waals surface area contributed by atoms with Gasteiger partial charge in [-0.15, -0.1) is 0 Å². The average Bonchev–Trinajstić information content (AvgIpc) is 2.61. The van der Waals surface area contributed by atoms with Crippen LogP contribution in [0.2, 0.25) is 0 Å². The van der Waals surface area contributed by atoms with Crippen molar-refractivity contribution in [2.75, 3.05) is 26.2 Å². The lowest BCUT2D eigenvalue weighted by molar-refractivity contribution is -0.121. The molecule has 0 spiro atoms. The first-order valence-electron chi connectivity index (χ1n) is 8.94. The summed E-state index contributed by atoms with van der Waals surface area (Å²) >= 11 is 3.34. The molecule has 1 aromatic carbocycles. The third-order valence-corrected chi connectivity index (χ3v) is 5.20. The molecular weight excluding hydrogens is 382 g/mol. The van der Waals surface area contributed by atoms with E-state index in [1.165, 1.54) is 19.3 Å². The SMILES string of the molecule is CC(C)(CNC(=O)CCNC(=O)c1ccc(Br)cc1)N1CCCCC1. The third-order valence-electron chi connectivity index (χ3n) is 4.67. The predicted octanol–water partition coefficient (Wildman–Crippen LogP) is 2.95. The van der Waals surface area contributed by atoms with E-state index < -0.39 is 0 Å². The van der Waals surface area contributed by atoms with Gasteiger partial charge in [0.15, 0.2) is 0 Å². The Morgan fingerprint density at radius 2 is 1.72 bits per heavy atom. The topological polar surface area (TPSA) is 61.4 Å². The molecule has 138 valence electrons. The van der Waals surface area contributed by atoms with Gasteiger partial charge in [0.25, 0.3) is 5.91 Å². The fraction of sp³-hybridized carbons (Fsp3) is 0.579. The minimum absolute atomic E-state index is 0.0267. The predicted molar refractivity (Wildman–Crippen MR) is 104 cm³/mol. The molecule has 5 nitrogen and oxygen atoms in total. The zero-order chi connectivity index (χ0) is 18.3. The first-order chi connectivity index (χ1) is 11.9. The lowest BCUT2D eigenvalue weighted by atomic mass is 9.98. The number of nitrogens with zero attached hydrogens (tertiary/aromatic N) is 1. The van der Waals surface area contributed by atoms with Crippen LogP contribution in [0, 0.1) is 0 Å². The van der Waals surface area contributed by atoms with Gasteiger partial charge in [0.05, 0.1) is 0 Å². The van der Waals surface area contributed by atoms with Gasteiger partial charge in [-0.05, 0) is 64.0 Å². The van der Waals surface area contributed by atoms with Gasteiger partial charge in [0.2, 0.25) is 5.91 Å². The number of piperidine rings is 1. The van der Waals surface area contributed by atoms with Crippen LogP contribution in [-0.2, 0) is 4.79 Å². The smallest absolute Gasteiger partial charge is 0.251 e. The van der Waals surface area contributed by atoms with Crippen molar-refractivity contribution in [3.05, 3.63) is 34.3 Å². The molecule has 0 saturated carbocycles. The van der Waals surface area contributed by atoms with Crippen molar-refractivity contribution in [1.29, 1.82) is 0 Å². The molecule has 2 rings (SSSR count). The minimum Gasteiger partial charge on any atom is -0.354 e. The lowest BCUT2D eigenvalue weighted by Gasteiger charge is -2.41. The van der Waals surface area contributed by atoms with E-state index in [1.54, 1.807) is 12.1 Å². The van der Waals surface area contributed by atoms with E-state index in [-0.39, 0.29) is 17.4 Å². The second-order valence-electron chi connectivity index (χ2n) is 7.15. The molecule has 25 heavy (non-hydrogen) atoms. The van der Waals surface area contributed by atoms with Crippen molar-refractivity contribution < 1.29 is 9.59 Å². The molecule has 0 aliphatic carbocycles. The normalized spacial score (nSPS) is 15.6. The summed E-state index contributed by atoms with van der Waals surface area (Å²) in [6.45, 7) is 7.53. The second kappa shape index (κ2) is 9.34. The molecule has 1 heterocycles. The fourth-order valence-electron chi connectivity index (χ4n) is 3.01. The molecule has 6 heteroatoms. The molecule has 1 aliphatic rings. The summed E-state index contributed by atoms with van der Waals surface area (Å²) in [6.07, 6.45) is 4.06.